The number of halogens is 1. The highest BCUT2D eigenvalue weighted by molar-refractivity contribution is 8.00. The van der Waals surface area contributed by atoms with Gasteiger partial charge in [-0.3, -0.25) is 15.1 Å². The summed E-state index contributed by atoms with van der Waals surface area (Å²) in [5.41, 5.74) is 9.37. The van der Waals surface area contributed by atoms with Gasteiger partial charge in [-0.2, -0.15) is 14.5 Å². The summed E-state index contributed by atoms with van der Waals surface area (Å²) in [4.78, 5) is 35.1. The average molecular weight is 586 g/mol. The molecule has 19 heteroatoms. The molecule has 0 aliphatic carbocycles. The van der Waals surface area contributed by atoms with E-state index in [0.29, 0.717) is 31.1 Å². The Morgan fingerprint density at radius 3 is 2.90 bits per heavy atom. The van der Waals surface area contributed by atoms with Crippen molar-refractivity contribution in [1.29, 1.82) is 0 Å². The summed E-state index contributed by atoms with van der Waals surface area (Å²) in [5, 5.41) is 27.9. The van der Waals surface area contributed by atoms with E-state index in [4.69, 9.17) is 10.5 Å². The minimum Gasteiger partial charge on any atom is -0.477 e. The number of hydrogen-bond donors (Lipinski definition) is 5. The molecule has 5 rings (SSSR count). The average Bonchev–Trinajstić information content (AvgIpc) is 3.55. The number of ether oxygens (including phenoxy) is 1. The Morgan fingerprint density at radius 1 is 1.36 bits per heavy atom. The number of morpholine rings is 1. The van der Waals surface area contributed by atoms with Gasteiger partial charge in [-0.15, -0.1) is 11.8 Å². The number of hydrazone groups is 1. The molecule has 1 aromatic rings. The third-order valence-corrected chi connectivity index (χ3v) is 8.24. The summed E-state index contributed by atoms with van der Waals surface area (Å²) in [6.45, 7) is 3.25. The summed E-state index contributed by atoms with van der Waals surface area (Å²) in [5.74, 6) is -1.45. The van der Waals surface area contributed by atoms with E-state index in [9.17, 15) is 19.1 Å². The number of amides is 1. The molecule has 3 saturated heterocycles. The number of fused-ring (bicyclic) bond motifs is 1. The Bertz CT molecular complexity index is 1160. The maximum Gasteiger partial charge on any atom is 0.352 e. The largest absolute Gasteiger partial charge is 0.477 e. The zero-order valence-electron chi connectivity index (χ0n) is 20.7. The van der Waals surface area contributed by atoms with Crippen molar-refractivity contribution in [2.75, 3.05) is 64.3 Å². The van der Waals surface area contributed by atoms with Crippen molar-refractivity contribution in [3.05, 3.63) is 17.1 Å². The number of nitrogens with one attached hydrogen (secondary N) is 3. The molecule has 0 bridgehead atoms. The smallest absolute Gasteiger partial charge is 0.352 e. The number of anilines is 1. The molecule has 212 valence electrons. The SMILES string of the molecule is Nc1nc(/C(=N\OCF)C(=O)NC2CN3C(C(=O)O)=C(/C=N/N4CCNC4NN4CCOCC4)CSC23)ns1. The molecule has 3 unspecified atom stereocenters. The zero-order valence-corrected chi connectivity index (χ0v) is 22.3. The Morgan fingerprint density at radius 2 is 2.18 bits per heavy atom. The molecular formula is C20H28FN11O5S2. The molecule has 4 aliphatic rings. The van der Waals surface area contributed by atoms with E-state index in [2.05, 4.69) is 45.5 Å². The number of hydrazine groups is 1. The van der Waals surface area contributed by atoms with E-state index in [1.807, 2.05) is 5.01 Å². The van der Waals surface area contributed by atoms with Crippen molar-refractivity contribution in [2.45, 2.75) is 17.7 Å². The van der Waals surface area contributed by atoms with Crippen molar-refractivity contribution < 1.29 is 28.7 Å². The van der Waals surface area contributed by atoms with Crippen molar-refractivity contribution >= 4 is 52.2 Å². The Kier molecular flexibility index (Phi) is 8.72. The van der Waals surface area contributed by atoms with Crippen LogP contribution in [0.2, 0.25) is 0 Å². The first kappa shape index (κ1) is 27.5. The van der Waals surface area contributed by atoms with E-state index in [1.165, 1.54) is 11.8 Å². The Balaban J connectivity index is 1.23. The van der Waals surface area contributed by atoms with Crippen LogP contribution in [0, 0.1) is 0 Å². The molecule has 0 spiro atoms. The van der Waals surface area contributed by atoms with Gasteiger partial charge in [0.05, 0.1) is 37.4 Å². The molecule has 3 atom stereocenters. The van der Waals surface area contributed by atoms with E-state index < -0.39 is 24.8 Å². The highest BCUT2D eigenvalue weighted by Gasteiger charge is 2.47. The molecule has 1 amide bonds. The van der Waals surface area contributed by atoms with E-state index >= 15 is 0 Å². The predicted octanol–water partition coefficient (Wildman–Crippen LogP) is -2.01. The van der Waals surface area contributed by atoms with Crippen LogP contribution in [-0.2, 0) is 19.2 Å². The van der Waals surface area contributed by atoms with Crippen LogP contribution < -0.4 is 21.8 Å². The van der Waals surface area contributed by atoms with Gasteiger partial charge in [0.15, 0.2) is 11.4 Å². The first-order valence-electron chi connectivity index (χ1n) is 12.1. The standard InChI is InChI=1S/C20H28FN11O5S2/c21-10-37-28-13(15-26-19(22)39-29-15)16(33)25-12-8-31-14(18(34)35)11(9-38-17(12)31)7-24-32-2-1-23-20(32)27-30-3-5-36-6-4-30/h7,12,17,20,23,27H,1-6,8-10H2,(H,25,33)(H,34,35)(H2,22,26,29)/b24-7+,28-13+. The van der Waals surface area contributed by atoms with E-state index in [-0.39, 0.29) is 40.6 Å². The maximum absolute atomic E-state index is 12.9. The Labute approximate surface area is 230 Å². The van der Waals surface area contributed by atoms with Gasteiger partial charge in [-0.25, -0.2) is 19.6 Å². The molecular weight excluding hydrogens is 557 g/mol. The lowest BCUT2D eigenvalue weighted by atomic mass is 10.0. The van der Waals surface area contributed by atoms with Gasteiger partial charge in [0, 0.05) is 49.0 Å². The lowest BCUT2D eigenvalue weighted by molar-refractivity contribution is -0.135. The number of nitrogens with zero attached hydrogens (tertiary/aromatic N) is 7. The van der Waals surface area contributed by atoms with Crippen LogP contribution in [0.5, 0.6) is 0 Å². The van der Waals surface area contributed by atoms with Crippen molar-refractivity contribution in [3.63, 3.8) is 0 Å². The number of aliphatic carboxylic acids is 1. The van der Waals surface area contributed by atoms with Crippen molar-refractivity contribution in [3.8, 4) is 0 Å². The number of hydrogen-bond acceptors (Lipinski definition) is 16. The molecule has 1 aromatic heterocycles. The second kappa shape index (κ2) is 12.4. The number of nitrogen functional groups attached to an aromatic ring is 1. The zero-order chi connectivity index (χ0) is 27.4. The van der Waals surface area contributed by atoms with E-state index in [1.54, 1.807) is 11.1 Å². The van der Waals surface area contributed by atoms with Crippen LogP contribution in [0.15, 0.2) is 21.5 Å². The number of thioether (sulfide) groups is 1. The van der Waals surface area contributed by atoms with Gasteiger partial charge in [-0.1, -0.05) is 5.16 Å². The fraction of sp³-hybridized carbons (Fsp3) is 0.600. The summed E-state index contributed by atoms with van der Waals surface area (Å²) in [6, 6.07) is -0.396. The molecule has 39 heavy (non-hydrogen) atoms. The fourth-order valence-corrected chi connectivity index (χ4v) is 6.20. The predicted molar refractivity (Wildman–Crippen MR) is 140 cm³/mol. The lowest BCUT2D eigenvalue weighted by Crippen LogP contribution is -2.67. The highest BCUT2D eigenvalue weighted by Crippen LogP contribution is 2.39. The topological polar surface area (TPSA) is 195 Å². The molecule has 0 saturated carbocycles. The van der Waals surface area contributed by atoms with Gasteiger partial charge in [0.25, 0.3) is 12.8 Å². The first-order chi connectivity index (χ1) is 18.9. The summed E-state index contributed by atoms with van der Waals surface area (Å²) in [7, 11) is 0. The molecule has 3 fully saturated rings. The van der Waals surface area contributed by atoms with Crippen LogP contribution in [0.25, 0.3) is 0 Å². The normalized spacial score (nSPS) is 26.1. The van der Waals surface area contributed by atoms with Crippen molar-refractivity contribution in [1.82, 2.24) is 40.3 Å². The third kappa shape index (κ3) is 6.23. The van der Waals surface area contributed by atoms with Crippen LogP contribution in [-0.4, -0.2) is 129 Å². The van der Waals surface area contributed by atoms with Crippen molar-refractivity contribution in [2.24, 2.45) is 10.3 Å². The lowest BCUT2D eigenvalue weighted by Gasteiger charge is -2.51. The number of alkyl halides is 1. The fourth-order valence-electron chi connectivity index (χ4n) is 4.45. The van der Waals surface area contributed by atoms with E-state index in [0.717, 1.165) is 31.2 Å². The molecule has 0 aromatic carbocycles. The number of oxime groups is 1. The number of carboxylic acid groups (broad SMARTS) is 1. The summed E-state index contributed by atoms with van der Waals surface area (Å²) in [6.07, 6.45) is 1.39. The number of carbonyl (C=O) groups excluding carboxylic acids is 1. The number of carbonyl (C=O) groups is 2. The minimum absolute atomic E-state index is 0.0848. The van der Waals surface area contributed by atoms with Crippen LogP contribution in [0.3, 0.4) is 0 Å². The molecule has 5 heterocycles. The van der Waals surface area contributed by atoms with Gasteiger partial charge < -0.3 is 30.6 Å². The van der Waals surface area contributed by atoms with Gasteiger partial charge in [0.1, 0.15) is 5.70 Å². The summed E-state index contributed by atoms with van der Waals surface area (Å²) >= 11 is 2.34. The maximum atomic E-state index is 12.9. The third-order valence-electron chi connectivity index (χ3n) is 6.29. The number of nitrogens with two attached hydrogens (primary N) is 1. The highest BCUT2D eigenvalue weighted by atomic mass is 32.2. The number of rotatable bonds is 10. The second-order valence-electron chi connectivity index (χ2n) is 8.74. The molecule has 6 N–H and O–H groups in total. The van der Waals surface area contributed by atoms with Crippen LogP contribution >= 0.6 is 23.3 Å². The molecule has 4 aliphatic heterocycles. The minimum atomic E-state index is -1.24. The number of carboxylic acids is 1. The second-order valence-corrected chi connectivity index (χ2v) is 10.6. The first-order valence-corrected chi connectivity index (χ1v) is 13.9. The van der Waals surface area contributed by atoms with Gasteiger partial charge >= 0.3 is 5.97 Å². The number of aromatic nitrogens is 2. The quantitative estimate of drug-likeness (QED) is 0.149. The molecule has 0 radical (unpaired) electrons. The molecule has 16 nitrogen and oxygen atoms in total. The van der Waals surface area contributed by atoms with Crippen LogP contribution in [0.1, 0.15) is 5.82 Å². The van der Waals surface area contributed by atoms with Gasteiger partial charge in [0.2, 0.25) is 11.5 Å². The van der Waals surface area contributed by atoms with Crippen LogP contribution in [0.4, 0.5) is 9.52 Å². The van der Waals surface area contributed by atoms with Gasteiger partial charge in [-0.05, 0) is 0 Å². The monoisotopic (exact) mass is 585 g/mol. The Hall–Kier alpha value is -3.10. The summed E-state index contributed by atoms with van der Waals surface area (Å²) < 4.78 is 21.8.